The molecule has 0 aromatic rings. The Labute approximate surface area is 93.0 Å². The maximum absolute atomic E-state index is 11.1. The number of carbonyl (C=O) groups is 1. The van der Waals surface area contributed by atoms with Gasteiger partial charge in [0, 0.05) is 13.1 Å². The fourth-order valence-corrected chi connectivity index (χ4v) is 1.13. The van der Waals surface area contributed by atoms with Gasteiger partial charge in [-0.15, -0.1) is 0 Å². The summed E-state index contributed by atoms with van der Waals surface area (Å²) in [6.45, 7) is 9.20. The van der Waals surface area contributed by atoms with E-state index in [1.165, 1.54) is 0 Å². The van der Waals surface area contributed by atoms with Crippen molar-refractivity contribution in [1.29, 1.82) is 0 Å². The maximum Gasteiger partial charge on any atom is 0.407 e. The van der Waals surface area contributed by atoms with Gasteiger partial charge in [0.15, 0.2) is 0 Å². The van der Waals surface area contributed by atoms with Crippen molar-refractivity contribution in [3.63, 3.8) is 0 Å². The van der Waals surface area contributed by atoms with Crippen molar-refractivity contribution < 1.29 is 9.53 Å². The molecule has 0 aliphatic carbocycles. The molecule has 1 N–H and O–H groups in total. The van der Waals surface area contributed by atoms with Gasteiger partial charge in [-0.2, -0.15) is 0 Å². The SMILES string of the molecule is CCCN(C)CCOC(=O)NCC(C)C. The van der Waals surface area contributed by atoms with Gasteiger partial charge >= 0.3 is 6.09 Å². The number of ether oxygens (including phenoxy) is 1. The van der Waals surface area contributed by atoms with Crippen molar-refractivity contribution in [1.82, 2.24) is 10.2 Å². The monoisotopic (exact) mass is 216 g/mol. The molecule has 1 amide bonds. The highest BCUT2D eigenvalue weighted by Crippen LogP contribution is 1.89. The van der Waals surface area contributed by atoms with Crippen LogP contribution < -0.4 is 5.32 Å². The predicted molar refractivity (Wildman–Crippen MR) is 62.0 cm³/mol. The van der Waals surface area contributed by atoms with Crippen LogP contribution in [-0.2, 0) is 4.74 Å². The van der Waals surface area contributed by atoms with Gasteiger partial charge in [0.1, 0.15) is 6.61 Å². The molecular formula is C11H24N2O2. The van der Waals surface area contributed by atoms with Crippen molar-refractivity contribution in [2.24, 2.45) is 5.92 Å². The zero-order chi connectivity index (χ0) is 11.7. The van der Waals surface area contributed by atoms with Crippen LogP contribution in [0.5, 0.6) is 0 Å². The normalized spacial score (nSPS) is 10.8. The van der Waals surface area contributed by atoms with E-state index in [2.05, 4.69) is 31.0 Å². The Balaban J connectivity index is 3.38. The summed E-state index contributed by atoms with van der Waals surface area (Å²) in [4.78, 5) is 13.3. The van der Waals surface area contributed by atoms with Crippen molar-refractivity contribution in [2.75, 3.05) is 33.3 Å². The van der Waals surface area contributed by atoms with Crippen LogP contribution in [0.25, 0.3) is 0 Å². The number of alkyl carbamates (subject to hydrolysis) is 1. The van der Waals surface area contributed by atoms with Gasteiger partial charge in [0.25, 0.3) is 0 Å². The molecule has 4 heteroatoms. The molecule has 15 heavy (non-hydrogen) atoms. The molecule has 0 radical (unpaired) electrons. The third-order valence-electron chi connectivity index (χ3n) is 1.97. The number of carbonyl (C=O) groups excluding carboxylic acids is 1. The summed E-state index contributed by atoms with van der Waals surface area (Å²) in [5, 5.41) is 2.71. The highest BCUT2D eigenvalue weighted by Gasteiger charge is 2.03. The lowest BCUT2D eigenvalue weighted by Crippen LogP contribution is -2.31. The van der Waals surface area contributed by atoms with Crippen molar-refractivity contribution in [3.05, 3.63) is 0 Å². The lowest BCUT2D eigenvalue weighted by Gasteiger charge is -2.15. The summed E-state index contributed by atoms with van der Waals surface area (Å²) < 4.78 is 5.02. The van der Waals surface area contributed by atoms with Gasteiger partial charge in [-0.3, -0.25) is 0 Å². The maximum atomic E-state index is 11.1. The second-order valence-electron chi connectivity index (χ2n) is 4.21. The fraction of sp³-hybridized carbons (Fsp3) is 0.909. The van der Waals surface area contributed by atoms with Gasteiger partial charge in [-0.25, -0.2) is 4.79 Å². The average Bonchev–Trinajstić information content (AvgIpc) is 2.15. The summed E-state index contributed by atoms with van der Waals surface area (Å²) in [5.74, 6) is 0.459. The molecule has 0 unspecified atom stereocenters. The van der Waals surface area contributed by atoms with Crippen LogP contribution in [-0.4, -0.2) is 44.3 Å². The number of likely N-dealkylation sites (N-methyl/N-ethyl adjacent to an activating group) is 1. The molecule has 0 bridgehead atoms. The Bertz CT molecular complexity index is 172. The van der Waals surface area contributed by atoms with E-state index >= 15 is 0 Å². The molecule has 0 aliphatic rings. The number of hydrogen-bond acceptors (Lipinski definition) is 3. The second kappa shape index (κ2) is 8.53. The molecular weight excluding hydrogens is 192 g/mol. The van der Waals surface area contributed by atoms with Gasteiger partial charge in [-0.1, -0.05) is 20.8 Å². The number of nitrogens with one attached hydrogen (secondary N) is 1. The highest BCUT2D eigenvalue weighted by molar-refractivity contribution is 5.67. The Hall–Kier alpha value is -0.770. The zero-order valence-electron chi connectivity index (χ0n) is 10.4. The first-order valence-corrected chi connectivity index (χ1v) is 5.65. The molecule has 0 fully saturated rings. The molecule has 0 atom stereocenters. The summed E-state index contributed by atoms with van der Waals surface area (Å²) in [7, 11) is 2.03. The summed E-state index contributed by atoms with van der Waals surface area (Å²) in [5.41, 5.74) is 0. The van der Waals surface area contributed by atoms with Crippen LogP contribution in [0.1, 0.15) is 27.2 Å². The fourth-order valence-electron chi connectivity index (χ4n) is 1.13. The van der Waals surface area contributed by atoms with Crippen molar-refractivity contribution >= 4 is 6.09 Å². The van der Waals surface area contributed by atoms with E-state index in [1.807, 2.05) is 7.05 Å². The molecule has 0 rings (SSSR count). The van der Waals surface area contributed by atoms with Crippen molar-refractivity contribution in [2.45, 2.75) is 27.2 Å². The lowest BCUT2D eigenvalue weighted by molar-refractivity contribution is 0.132. The van der Waals surface area contributed by atoms with Gasteiger partial charge < -0.3 is 15.0 Å². The minimum Gasteiger partial charge on any atom is -0.448 e. The Morgan fingerprint density at radius 1 is 1.40 bits per heavy atom. The second-order valence-corrected chi connectivity index (χ2v) is 4.21. The van der Waals surface area contributed by atoms with Gasteiger partial charge in [0.2, 0.25) is 0 Å². The summed E-state index contributed by atoms with van der Waals surface area (Å²) >= 11 is 0. The first-order valence-electron chi connectivity index (χ1n) is 5.65. The summed E-state index contributed by atoms with van der Waals surface area (Å²) in [6, 6.07) is 0. The average molecular weight is 216 g/mol. The molecule has 0 aromatic carbocycles. The van der Waals surface area contributed by atoms with Crippen LogP contribution in [0, 0.1) is 5.92 Å². The summed E-state index contributed by atoms with van der Waals surface area (Å²) in [6.07, 6.45) is 0.810. The standard InChI is InChI=1S/C11H24N2O2/c1-5-6-13(4)7-8-15-11(14)12-9-10(2)3/h10H,5-9H2,1-4H3,(H,12,14). The van der Waals surface area contributed by atoms with E-state index in [9.17, 15) is 4.79 Å². The number of nitrogens with zero attached hydrogens (tertiary/aromatic N) is 1. The van der Waals surface area contributed by atoms with E-state index in [1.54, 1.807) is 0 Å². The van der Waals surface area contributed by atoms with Crippen LogP contribution in [0.15, 0.2) is 0 Å². The first-order chi connectivity index (χ1) is 7.06. The van der Waals surface area contributed by atoms with Crippen LogP contribution in [0.4, 0.5) is 4.79 Å². The quantitative estimate of drug-likeness (QED) is 0.704. The van der Waals surface area contributed by atoms with Gasteiger partial charge in [-0.05, 0) is 25.9 Å². The third kappa shape index (κ3) is 9.53. The first kappa shape index (κ1) is 14.2. The van der Waals surface area contributed by atoms with Gasteiger partial charge in [0.05, 0.1) is 0 Å². The van der Waals surface area contributed by atoms with Crippen molar-refractivity contribution in [3.8, 4) is 0 Å². The van der Waals surface area contributed by atoms with E-state index in [0.717, 1.165) is 19.5 Å². The largest absolute Gasteiger partial charge is 0.448 e. The minimum atomic E-state index is -0.311. The van der Waals surface area contributed by atoms with E-state index in [-0.39, 0.29) is 6.09 Å². The molecule has 0 heterocycles. The molecule has 0 saturated heterocycles. The van der Waals surface area contributed by atoms with Crippen LogP contribution in [0.2, 0.25) is 0 Å². The molecule has 0 aromatic heterocycles. The highest BCUT2D eigenvalue weighted by atomic mass is 16.5. The Kier molecular flexibility index (Phi) is 8.09. The van der Waals surface area contributed by atoms with E-state index in [0.29, 0.717) is 19.1 Å². The Morgan fingerprint density at radius 3 is 2.60 bits per heavy atom. The predicted octanol–water partition coefficient (Wildman–Crippen LogP) is 1.71. The number of hydrogen-bond donors (Lipinski definition) is 1. The van der Waals surface area contributed by atoms with Crippen LogP contribution in [0.3, 0.4) is 0 Å². The Morgan fingerprint density at radius 2 is 2.07 bits per heavy atom. The van der Waals surface area contributed by atoms with E-state index in [4.69, 9.17) is 4.74 Å². The molecule has 0 saturated carbocycles. The molecule has 0 spiro atoms. The smallest absolute Gasteiger partial charge is 0.407 e. The molecule has 4 nitrogen and oxygen atoms in total. The van der Waals surface area contributed by atoms with E-state index < -0.39 is 0 Å². The molecule has 90 valence electrons. The van der Waals surface area contributed by atoms with Crippen LogP contribution >= 0.6 is 0 Å². The minimum absolute atomic E-state index is 0.311. The number of rotatable bonds is 7. The number of amides is 1. The topological polar surface area (TPSA) is 41.6 Å². The lowest BCUT2D eigenvalue weighted by atomic mass is 10.2. The molecule has 0 aliphatic heterocycles. The zero-order valence-corrected chi connectivity index (χ0v) is 10.4. The third-order valence-corrected chi connectivity index (χ3v) is 1.97.